The van der Waals surface area contributed by atoms with Crippen molar-refractivity contribution in [3.63, 3.8) is 0 Å². The van der Waals surface area contributed by atoms with Crippen LogP contribution in [-0.4, -0.2) is 60.8 Å². The van der Waals surface area contributed by atoms with Crippen LogP contribution in [0.1, 0.15) is 48.9 Å². The molecule has 0 unspecified atom stereocenters. The Bertz CT molecular complexity index is 792. The summed E-state index contributed by atoms with van der Waals surface area (Å²) in [6.07, 6.45) is 4.64. The molecule has 0 bridgehead atoms. The molecule has 7 nitrogen and oxygen atoms in total. The molecule has 1 aromatic rings. The van der Waals surface area contributed by atoms with Crippen LogP contribution < -0.4 is 0 Å². The molecule has 2 aliphatic rings. The third-order valence-electron chi connectivity index (χ3n) is 5.42. The van der Waals surface area contributed by atoms with E-state index in [1.54, 1.807) is 17.0 Å². The normalized spacial score (nSPS) is 20.2. The molecule has 2 aliphatic heterocycles. The third kappa shape index (κ3) is 4.50. The van der Waals surface area contributed by atoms with E-state index in [1.807, 2.05) is 0 Å². The van der Waals surface area contributed by atoms with Gasteiger partial charge in [-0.1, -0.05) is 18.9 Å². The van der Waals surface area contributed by atoms with Crippen molar-refractivity contribution in [3.8, 4) is 0 Å². The lowest BCUT2D eigenvalue weighted by molar-refractivity contribution is -0.143. The molecule has 1 N–H and O–H groups in total. The molecule has 0 aliphatic carbocycles. The van der Waals surface area contributed by atoms with E-state index < -0.39 is 21.9 Å². The smallest absolute Gasteiger partial charge is 0.306 e. The van der Waals surface area contributed by atoms with Gasteiger partial charge < -0.3 is 10.0 Å². The Morgan fingerprint density at radius 3 is 2.19 bits per heavy atom. The Kier molecular flexibility index (Phi) is 6.16. The largest absolute Gasteiger partial charge is 0.481 e. The van der Waals surface area contributed by atoms with Crippen LogP contribution in [0.2, 0.25) is 0 Å². The molecule has 1 aromatic carbocycles. The lowest BCUT2D eigenvalue weighted by atomic mass is 9.96. The Labute approximate surface area is 160 Å². The van der Waals surface area contributed by atoms with Crippen molar-refractivity contribution in [2.45, 2.75) is 43.4 Å². The van der Waals surface area contributed by atoms with E-state index in [0.717, 1.165) is 25.7 Å². The van der Waals surface area contributed by atoms with Gasteiger partial charge in [-0.3, -0.25) is 9.59 Å². The first-order valence-corrected chi connectivity index (χ1v) is 11.0. The van der Waals surface area contributed by atoms with Crippen LogP contribution in [-0.2, 0) is 14.8 Å². The van der Waals surface area contributed by atoms with Gasteiger partial charge in [0.25, 0.3) is 5.91 Å². The van der Waals surface area contributed by atoms with Crippen molar-refractivity contribution in [3.05, 3.63) is 29.8 Å². The van der Waals surface area contributed by atoms with Gasteiger partial charge in [-0.2, -0.15) is 4.31 Å². The zero-order chi connectivity index (χ0) is 19.4. The zero-order valence-corrected chi connectivity index (χ0v) is 16.2. The van der Waals surface area contributed by atoms with Crippen molar-refractivity contribution in [2.24, 2.45) is 5.92 Å². The van der Waals surface area contributed by atoms with Gasteiger partial charge >= 0.3 is 5.97 Å². The maximum atomic E-state index is 12.9. The van der Waals surface area contributed by atoms with Crippen molar-refractivity contribution < 1.29 is 23.1 Å². The molecule has 0 spiro atoms. The van der Waals surface area contributed by atoms with Gasteiger partial charge in [-0.15, -0.1) is 0 Å². The molecule has 0 aromatic heterocycles. The van der Waals surface area contributed by atoms with Gasteiger partial charge in [-0.25, -0.2) is 8.42 Å². The molecule has 2 heterocycles. The number of amides is 1. The first kappa shape index (κ1) is 19.8. The second-order valence-electron chi connectivity index (χ2n) is 7.25. The zero-order valence-electron chi connectivity index (χ0n) is 15.3. The van der Waals surface area contributed by atoms with Crippen LogP contribution in [0.4, 0.5) is 0 Å². The van der Waals surface area contributed by atoms with Crippen molar-refractivity contribution in [1.29, 1.82) is 0 Å². The van der Waals surface area contributed by atoms with E-state index in [9.17, 15) is 18.0 Å². The summed E-state index contributed by atoms with van der Waals surface area (Å²) in [5.41, 5.74) is 0.333. The molecule has 27 heavy (non-hydrogen) atoms. The molecular formula is C19H26N2O5S. The average Bonchev–Trinajstić information content (AvgIpc) is 2.97. The predicted octanol–water partition coefficient (Wildman–Crippen LogP) is 2.19. The summed E-state index contributed by atoms with van der Waals surface area (Å²) in [7, 11) is -3.61. The molecule has 0 radical (unpaired) electrons. The maximum Gasteiger partial charge on any atom is 0.306 e. The van der Waals surface area contributed by atoms with Gasteiger partial charge in [0.15, 0.2) is 0 Å². The number of benzene rings is 1. The molecule has 1 amide bonds. The Hall–Kier alpha value is -1.93. The standard InChI is InChI=1S/C19H26N2O5S/c22-18(20-12-8-15(9-13-20)19(23)24)16-6-5-7-17(14-16)27(25,26)21-10-3-1-2-4-11-21/h5-7,14-15H,1-4,8-13H2,(H,23,24). The minimum Gasteiger partial charge on any atom is -0.481 e. The van der Waals surface area contributed by atoms with E-state index in [2.05, 4.69) is 0 Å². The van der Waals surface area contributed by atoms with Gasteiger partial charge in [0.2, 0.25) is 10.0 Å². The summed E-state index contributed by atoms with van der Waals surface area (Å²) < 4.78 is 27.4. The lowest BCUT2D eigenvalue weighted by Crippen LogP contribution is -2.40. The van der Waals surface area contributed by atoms with Gasteiger partial charge in [0, 0.05) is 31.7 Å². The first-order chi connectivity index (χ1) is 12.9. The fourth-order valence-electron chi connectivity index (χ4n) is 3.73. The van der Waals surface area contributed by atoms with Crippen molar-refractivity contribution in [1.82, 2.24) is 9.21 Å². The number of likely N-dealkylation sites (tertiary alicyclic amines) is 1. The number of carbonyl (C=O) groups excluding carboxylic acids is 1. The van der Waals surface area contributed by atoms with Crippen LogP contribution in [0.5, 0.6) is 0 Å². The van der Waals surface area contributed by atoms with Crippen LogP contribution in [0.3, 0.4) is 0 Å². The Balaban J connectivity index is 1.75. The number of aliphatic carboxylic acids is 1. The van der Waals surface area contributed by atoms with E-state index in [1.165, 1.54) is 16.4 Å². The fourth-order valence-corrected chi connectivity index (χ4v) is 5.30. The highest BCUT2D eigenvalue weighted by Crippen LogP contribution is 2.23. The van der Waals surface area contributed by atoms with E-state index in [-0.39, 0.29) is 10.8 Å². The van der Waals surface area contributed by atoms with Crippen LogP contribution >= 0.6 is 0 Å². The SMILES string of the molecule is O=C(O)C1CCN(C(=O)c2cccc(S(=O)(=O)N3CCCCCC3)c2)CC1. The second kappa shape index (κ2) is 8.39. The summed E-state index contributed by atoms with van der Waals surface area (Å²) in [4.78, 5) is 25.6. The fraction of sp³-hybridized carbons (Fsp3) is 0.579. The average molecular weight is 394 g/mol. The number of sulfonamides is 1. The maximum absolute atomic E-state index is 12.9. The molecule has 148 valence electrons. The van der Waals surface area contributed by atoms with Gasteiger partial charge in [0.1, 0.15) is 0 Å². The topological polar surface area (TPSA) is 95.0 Å². The minimum atomic E-state index is -3.61. The molecule has 0 atom stereocenters. The van der Waals surface area contributed by atoms with Crippen LogP contribution in [0, 0.1) is 5.92 Å². The second-order valence-corrected chi connectivity index (χ2v) is 9.19. The molecule has 2 saturated heterocycles. The van der Waals surface area contributed by atoms with Crippen LogP contribution in [0.15, 0.2) is 29.2 Å². The summed E-state index contributed by atoms with van der Waals surface area (Å²) in [5.74, 6) is -1.48. The number of rotatable bonds is 4. The highest BCUT2D eigenvalue weighted by Gasteiger charge is 2.29. The quantitative estimate of drug-likeness (QED) is 0.845. The molecule has 8 heteroatoms. The van der Waals surface area contributed by atoms with E-state index in [0.29, 0.717) is 44.6 Å². The summed E-state index contributed by atoms with van der Waals surface area (Å²) in [6, 6.07) is 6.20. The third-order valence-corrected chi connectivity index (χ3v) is 7.31. The number of carboxylic acids is 1. The molecule has 2 fully saturated rings. The molecular weight excluding hydrogens is 368 g/mol. The van der Waals surface area contributed by atoms with Crippen LogP contribution in [0.25, 0.3) is 0 Å². The monoisotopic (exact) mass is 394 g/mol. The van der Waals surface area contributed by atoms with Gasteiger partial charge in [0.05, 0.1) is 10.8 Å². The molecule has 3 rings (SSSR count). The number of hydrogen-bond acceptors (Lipinski definition) is 4. The highest BCUT2D eigenvalue weighted by atomic mass is 32.2. The van der Waals surface area contributed by atoms with Gasteiger partial charge in [-0.05, 0) is 43.9 Å². The number of carbonyl (C=O) groups is 2. The number of nitrogens with zero attached hydrogens (tertiary/aromatic N) is 2. The predicted molar refractivity (Wildman–Crippen MR) is 99.9 cm³/mol. The number of piperidine rings is 1. The summed E-state index contributed by atoms with van der Waals surface area (Å²) >= 11 is 0. The first-order valence-electron chi connectivity index (χ1n) is 9.52. The summed E-state index contributed by atoms with van der Waals surface area (Å²) in [6.45, 7) is 1.78. The highest BCUT2D eigenvalue weighted by molar-refractivity contribution is 7.89. The number of hydrogen-bond donors (Lipinski definition) is 1. The Morgan fingerprint density at radius 2 is 1.59 bits per heavy atom. The van der Waals surface area contributed by atoms with Crippen molar-refractivity contribution >= 4 is 21.9 Å². The Morgan fingerprint density at radius 1 is 0.963 bits per heavy atom. The summed E-state index contributed by atoms with van der Waals surface area (Å²) in [5, 5.41) is 9.08. The lowest BCUT2D eigenvalue weighted by Gasteiger charge is -2.30. The van der Waals surface area contributed by atoms with Crippen molar-refractivity contribution in [2.75, 3.05) is 26.2 Å². The number of carboxylic acid groups (broad SMARTS) is 1. The minimum absolute atomic E-state index is 0.149. The van der Waals surface area contributed by atoms with E-state index >= 15 is 0 Å². The van der Waals surface area contributed by atoms with E-state index in [4.69, 9.17) is 5.11 Å². The molecule has 0 saturated carbocycles.